The minimum atomic E-state index is -0.768. The van der Waals surface area contributed by atoms with Crippen molar-refractivity contribution in [3.63, 3.8) is 0 Å². The summed E-state index contributed by atoms with van der Waals surface area (Å²) in [5.74, 6) is -2.81. The van der Waals surface area contributed by atoms with Crippen LogP contribution < -0.4 is 4.74 Å². The summed E-state index contributed by atoms with van der Waals surface area (Å²) in [5.41, 5.74) is 0.411. The van der Waals surface area contributed by atoms with Gasteiger partial charge in [0, 0.05) is 18.6 Å². The highest BCUT2D eigenvalue weighted by Gasteiger charge is 2.17. The maximum Gasteiger partial charge on any atom is 0.341 e. The first-order chi connectivity index (χ1) is 10.4. The summed E-state index contributed by atoms with van der Waals surface area (Å²) in [4.78, 5) is 22.8. The topological polar surface area (TPSA) is 52.6 Å². The Kier molecular flexibility index (Phi) is 4.50. The number of halogens is 2. The van der Waals surface area contributed by atoms with E-state index in [1.165, 1.54) is 38.3 Å². The van der Waals surface area contributed by atoms with Crippen LogP contribution in [-0.4, -0.2) is 19.0 Å². The number of rotatable bonds is 3. The van der Waals surface area contributed by atoms with E-state index in [0.717, 1.165) is 12.1 Å². The number of benzene rings is 2. The molecule has 0 unspecified atom stereocenters. The van der Waals surface area contributed by atoms with E-state index in [1.807, 2.05) is 0 Å². The number of carbonyl (C=O) groups is 2. The van der Waals surface area contributed by atoms with Crippen LogP contribution in [0.4, 0.5) is 8.78 Å². The van der Waals surface area contributed by atoms with E-state index in [2.05, 4.69) is 4.74 Å². The van der Waals surface area contributed by atoms with E-state index in [1.54, 1.807) is 0 Å². The Hall–Kier alpha value is -2.76. The van der Waals surface area contributed by atoms with Gasteiger partial charge in [0.15, 0.2) is 0 Å². The Balaban J connectivity index is 2.54. The third-order valence-electron chi connectivity index (χ3n) is 2.88. The zero-order valence-corrected chi connectivity index (χ0v) is 11.9. The molecule has 0 bridgehead atoms. The van der Waals surface area contributed by atoms with Crippen LogP contribution >= 0.6 is 0 Å². The summed E-state index contributed by atoms with van der Waals surface area (Å²) in [6.45, 7) is 1.19. The van der Waals surface area contributed by atoms with Gasteiger partial charge in [0.25, 0.3) is 0 Å². The minimum absolute atomic E-state index is 0.00520. The Bertz CT molecular complexity index is 741. The van der Waals surface area contributed by atoms with Crippen molar-refractivity contribution in [3.8, 4) is 16.9 Å². The summed E-state index contributed by atoms with van der Waals surface area (Å²) in [5, 5.41) is 0. The molecule has 0 radical (unpaired) electrons. The van der Waals surface area contributed by atoms with Crippen LogP contribution in [0.3, 0.4) is 0 Å². The molecule has 0 spiro atoms. The lowest BCUT2D eigenvalue weighted by Gasteiger charge is -2.10. The molecule has 0 saturated heterocycles. The van der Waals surface area contributed by atoms with E-state index in [0.29, 0.717) is 5.56 Å². The van der Waals surface area contributed by atoms with Crippen LogP contribution in [0.2, 0.25) is 0 Å². The van der Waals surface area contributed by atoms with E-state index in [4.69, 9.17) is 4.74 Å². The summed E-state index contributed by atoms with van der Waals surface area (Å²) in [7, 11) is 1.17. The van der Waals surface area contributed by atoms with Crippen molar-refractivity contribution in [2.75, 3.05) is 7.11 Å². The molecule has 0 aliphatic rings. The first-order valence-corrected chi connectivity index (χ1v) is 6.28. The van der Waals surface area contributed by atoms with Gasteiger partial charge < -0.3 is 9.47 Å². The van der Waals surface area contributed by atoms with Crippen molar-refractivity contribution in [1.82, 2.24) is 0 Å². The normalized spacial score (nSPS) is 10.2. The molecular weight excluding hydrogens is 294 g/mol. The van der Waals surface area contributed by atoms with Gasteiger partial charge >= 0.3 is 11.9 Å². The molecule has 22 heavy (non-hydrogen) atoms. The Morgan fingerprint density at radius 2 is 1.77 bits per heavy atom. The standard InChI is InChI=1S/C16H12F2O4/c1-9(19)22-15-6-3-10(7-13(15)16(20)21-2)12-5-4-11(17)8-14(12)18/h3-8H,1-2H3. The van der Waals surface area contributed by atoms with Gasteiger partial charge in [-0.05, 0) is 29.8 Å². The molecule has 0 saturated carbocycles. The highest BCUT2D eigenvalue weighted by molar-refractivity contribution is 5.95. The largest absolute Gasteiger partial charge is 0.465 e. The van der Waals surface area contributed by atoms with Gasteiger partial charge in [-0.3, -0.25) is 4.79 Å². The summed E-state index contributed by atoms with van der Waals surface area (Å²) >= 11 is 0. The van der Waals surface area contributed by atoms with Gasteiger partial charge in [-0.25, -0.2) is 13.6 Å². The van der Waals surface area contributed by atoms with Crippen LogP contribution in [0.1, 0.15) is 17.3 Å². The molecule has 114 valence electrons. The first-order valence-electron chi connectivity index (χ1n) is 6.28. The molecule has 4 nitrogen and oxygen atoms in total. The predicted molar refractivity (Wildman–Crippen MR) is 74.4 cm³/mol. The van der Waals surface area contributed by atoms with Gasteiger partial charge in [0.05, 0.1) is 7.11 Å². The Morgan fingerprint density at radius 1 is 1.05 bits per heavy atom. The van der Waals surface area contributed by atoms with Crippen molar-refractivity contribution in [2.24, 2.45) is 0 Å². The van der Waals surface area contributed by atoms with Crippen molar-refractivity contribution in [2.45, 2.75) is 6.92 Å². The molecule has 6 heteroatoms. The molecule has 2 rings (SSSR count). The smallest absolute Gasteiger partial charge is 0.341 e. The fourth-order valence-corrected chi connectivity index (χ4v) is 1.93. The van der Waals surface area contributed by atoms with E-state index >= 15 is 0 Å². The maximum absolute atomic E-state index is 13.8. The van der Waals surface area contributed by atoms with Crippen LogP contribution in [0.25, 0.3) is 11.1 Å². The lowest BCUT2D eigenvalue weighted by molar-refractivity contribution is -0.131. The fraction of sp³-hybridized carbons (Fsp3) is 0.125. The number of hydrogen-bond donors (Lipinski definition) is 0. The number of carbonyl (C=O) groups excluding carboxylic acids is 2. The maximum atomic E-state index is 13.8. The lowest BCUT2D eigenvalue weighted by Crippen LogP contribution is -2.09. The molecule has 0 fully saturated rings. The van der Waals surface area contributed by atoms with Crippen LogP contribution in [0.5, 0.6) is 5.75 Å². The molecule has 2 aromatic rings. The first kappa shape index (κ1) is 15.6. The summed E-state index contributed by atoms with van der Waals surface area (Å²) < 4.78 is 36.3. The zero-order chi connectivity index (χ0) is 16.3. The van der Waals surface area contributed by atoms with Gasteiger partial charge in [0.1, 0.15) is 22.9 Å². The second-order valence-corrected chi connectivity index (χ2v) is 4.42. The van der Waals surface area contributed by atoms with Crippen LogP contribution in [0, 0.1) is 11.6 Å². The monoisotopic (exact) mass is 306 g/mol. The molecule has 0 atom stereocenters. The lowest BCUT2D eigenvalue weighted by atomic mass is 10.0. The highest BCUT2D eigenvalue weighted by Crippen LogP contribution is 2.29. The fourth-order valence-electron chi connectivity index (χ4n) is 1.93. The number of esters is 2. The molecule has 0 heterocycles. The molecule has 0 N–H and O–H groups in total. The van der Waals surface area contributed by atoms with Gasteiger partial charge in [-0.2, -0.15) is 0 Å². The molecule has 0 aliphatic carbocycles. The molecule has 0 amide bonds. The third kappa shape index (κ3) is 3.28. The van der Waals surface area contributed by atoms with Gasteiger partial charge in [-0.1, -0.05) is 6.07 Å². The zero-order valence-electron chi connectivity index (χ0n) is 11.9. The second-order valence-electron chi connectivity index (χ2n) is 4.42. The molecule has 0 aliphatic heterocycles. The highest BCUT2D eigenvalue weighted by atomic mass is 19.1. The van der Waals surface area contributed by atoms with E-state index in [-0.39, 0.29) is 16.9 Å². The average molecular weight is 306 g/mol. The number of hydrogen-bond acceptors (Lipinski definition) is 4. The number of ether oxygens (including phenoxy) is 2. The quantitative estimate of drug-likeness (QED) is 0.644. The summed E-state index contributed by atoms with van der Waals surface area (Å²) in [6.07, 6.45) is 0. The van der Waals surface area contributed by atoms with E-state index < -0.39 is 23.6 Å². The second kappa shape index (κ2) is 6.34. The average Bonchev–Trinajstić information content (AvgIpc) is 2.46. The SMILES string of the molecule is COC(=O)c1cc(-c2ccc(F)cc2F)ccc1OC(C)=O. The van der Waals surface area contributed by atoms with Crippen molar-refractivity contribution >= 4 is 11.9 Å². The molecular formula is C16H12F2O4. The summed E-state index contributed by atoms with van der Waals surface area (Å²) in [6, 6.07) is 7.24. The van der Waals surface area contributed by atoms with Crippen molar-refractivity contribution in [3.05, 3.63) is 53.6 Å². The molecule has 0 aromatic heterocycles. The van der Waals surface area contributed by atoms with Crippen LogP contribution in [0.15, 0.2) is 36.4 Å². The Labute approximate surface area is 125 Å². The Morgan fingerprint density at radius 3 is 2.36 bits per heavy atom. The molecule has 2 aromatic carbocycles. The number of methoxy groups -OCH3 is 1. The van der Waals surface area contributed by atoms with Gasteiger partial charge in [0.2, 0.25) is 0 Å². The van der Waals surface area contributed by atoms with Gasteiger partial charge in [-0.15, -0.1) is 0 Å². The predicted octanol–water partition coefficient (Wildman–Crippen LogP) is 3.34. The minimum Gasteiger partial charge on any atom is -0.465 e. The van der Waals surface area contributed by atoms with Crippen molar-refractivity contribution < 1.29 is 27.8 Å². The third-order valence-corrected chi connectivity index (χ3v) is 2.88. The van der Waals surface area contributed by atoms with E-state index in [9.17, 15) is 18.4 Å². The van der Waals surface area contributed by atoms with Crippen molar-refractivity contribution in [1.29, 1.82) is 0 Å². The van der Waals surface area contributed by atoms with Crippen LogP contribution in [-0.2, 0) is 9.53 Å².